The summed E-state index contributed by atoms with van der Waals surface area (Å²) in [5.74, 6) is -7.30. The second kappa shape index (κ2) is 8.34. The Morgan fingerprint density at radius 3 is 2.53 bits per heavy atom. The van der Waals surface area contributed by atoms with Gasteiger partial charge in [-0.15, -0.1) is 0 Å². The summed E-state index contributed by atoms with van der Waals surface area (Å²) in [6.45, 7) is 6.09. The molecule has 2 aromatic heterocycles. The predicted octanol–water partition coefficient (Wildman–Crippen LogP) is 5.06. The minimum atomic E-state index is -4.24. The van der Waals surface area contributed by atoms with Gasteiger partial charge in [-0.3, -0.25) is 4.57 Å². The standard InChI is InChI=1S/C22H22F3NO6/c1-5-30-19(28)22(24,25)18(27)17-8-12(11-31-17)15-10-26(20(29)32-21(2,3)4)16-9-13(23)6-7-14(15)16/h6-11,18,27H,5H2,1-4H3. The molecule has 3 aromatic rings. The summed E-state index contributed by atoms with van der Waals surface area (Å²) >= 11 is 0. The Balaban J connectivity index is 2.04. The number of fused-ring (bicyclic) bond motifs is 1. The number of alkyl halides is 2. The van der Waals surface area contributed by atoms with E-state index in [0.717, 1.165) is 23.0 Å². The predicted molar refractivity (Wildman–Crippen MR) is 108 cm³/mol. The third-order valence-electron chi connectivity index (χ3n) is 4.45. The molecule has 1 aromatic carbocycles. The summed E-state index contributed by atoms with van der Waals surface area (Å²) in [6.07, 6.45) is -0.927. The lowest BCUT2D eigenvalue weighted by Gasteiger charge is -2.19. The minimum absolute atomic E-state index is 0.189. The zero-order valence-electron chi connectivity index (χ0n) is 17.8. The summed E-state index contributed by atoms with van der Waals surface area (Å²) in [4.78, 5) is 24.1. The van der Waals surface area contributed by atoms with Crippen molar-refractivity contribution in [2.24, 2.45) is 0 Å². The number of halogens is 3. The van der Waals surface area contributed by atoms with E-state index in [1.54, 1.807) is 20.8 Å². The maximum absolute atomic E-state index is 14.2. The average molecular weight is 453 g/mol. The van der Waals surface area contributed by atoms with Crippen LogP contribution in [0.25, 0.3) is 22.0 Å². The first-order valence-corrected chi connectivity index (χ1v) is 9.71. The van der Waals surface area contributed by atoms with E-state index in [-0.39, 0.29) is 17.7 Å². The van der Waals surface area contributed by atoms with Crippen molar-refractivity contribution in [2.45, 2.75) is 45.3 Å². The van der Waals surface area contributed by atoms with E-state index in [0.29, 0.717) is 10.9 Å². The molecular weight excluding hydrogens is 431 g/mol. The molecule has 172 valence electrons. The molecule has 0 aliphatic carbocycles. The number of carbonyl (C=O) groups excluding carboxylic acids is 2. The van der Waals surface area contributed by atoms with Gasteiger partial charge in [0, 0.05) is 22.7 Å². The van der Waals surface area contributed by atoms with E-state index in [9.17, 15) is 27.9 Å². The quantitative estimate of drug-likeness (QED) is 0.544. The van der Waals surface area contributed by atoms with Gasteiger partial charge in [-0.05, 0) is 52.0 Å². The molecule has 0 bridgehead atoms. The Labute approximate surface area is 181 Å². The molecular formula is C22H22F3NO6. The molecule has 1 N–H and O–H groups in total. The van der Waals surface area contributed by atoms with Crippen LogP contribution >= 0.6 is 0 Å². The van der Waals surface area contributed by atoms with Crippen LogP contribution in [0, 0.1) is 5.82 Å². The molecule has 1 atom stereocenters. The van der Waals surface area contributed by atoms with Crippen molar-refractivity contribution in [1.82, 2.24) is 4.57 Å². The fourth-order valence-electron chi connectivity index (χ4n) is 3.05. The average Bonchev–Trinajstić information content (AvgIpc) is 3.30. The summed E-state index contributed by atoms with van der Waals surface area (Å²) in [5.41, 5.74) is -0.0632. The summed E-state index contributed by atoms with van der Waals surface area (Å²) in [7, 11) is 0. The van der Waals surface area contributed by atoms with Gasteiger partial charge in [0.1, 0.15) is 17.2 Å². The molecule has 32 heavy (non-hydrogen) atoms. The van der Waals surface area contributed by atoms with Crippen molar-refractivity contribution >= 4 is 23.0 Å². The molecule has 0 radical (unpaired) electrons. The number of furan rings is 1. The van der Waals surface area contributed by atoms with E-state index in [1.165, 1.54) is 25.3 Å². The lowest BCUT2D eigenvalue weighted by Crippen LogP contribution is -2.37. The molecule has 0 aliphatic rings. The smallest absolute Gasteiger partial charge is 0.419 e. The molecule has 10 heteroatoms. The first-order chi connectivity index (χ1) is 14.8. The molecule has 0 fully saturated rings. The Morgan fingerprint density at radius 1 is 1.22 bits per heavy atom. The first kappa shape index (κ1) is 23.4. The van der Waals surface area contributed by atoms with Gasteiger partial charge in [0.25, 0.3) is 0 Å². The van der Waals surface area contributed by atoms with E-state index >= 15 is 0 Å². The minimum Gasteiger partial charge on any atom is -0.466 e. The van der Waals surface area contributed by atoms with Crippen molar-refractivity contribution in [1.29, 1.82) is 0 Å². The first-order valence-electron chi connectivity index (χ1n) is 9.71. The van der Waals surface area contributed by atoms with Crippen LogP contribution in [-0.2, 0) is 14.3 Å². The van der Waals surface area contributed by atoms with Crippen LogP contribution in [0.5, 0.6) is 0 Å². The highest BCUT2D eigenvalue weighted by atomic mass is 19.3. The van der Waals surface area contributed by atoms with Crippen molar-refractivity contribution in [3.63, 3.8) is 0 Å². The molecule has 3 rings (SSSR count). The largest absolute Gasteiger partial charge is 0.466 e. The van der Waals surface area contributed by atoms with Crippen molar-refractivity contribution in [2.75, 3.05) is 6.61 Å². The fourth-order valence-corrected chi connectivity index (χ4v) is 3.05. The van der Waals surface area contributed by atoms with Gasteiger partial charge in [0.15, 0.2) is 6.10 Å². The van der Waals surface area contributed by atoms with Gasteiger partial charge in [-0.25, -0.2) is 14.0 Å². The molecule has 0 saturated heterocycles. The molecule has 0 spiro atoms. The Kier molecular flexibility index (Phi) is 6.10. The summed E-state index contributed by atoms with van der Waals surface area (Å²) < 4.78 is 58.0. The second-order valence-corrected chi connectivity index (χ2v) is 8.04. The van der Waals surface area contributed by atoms with Crippen LogP contribution in [-0.4, -0.2) is 39.9 Å². The summed E-state index contributed by atoms with van der Waals surface area (Å²) in [5, 5.41) is 10.4. The number of rotatable bonds is 5. The van der Waals surface area contributed by atoms with Gasteiger partial charge in [0.05, 0.1) is 18.4 Å². The maximum atomic E-state index is 14.2. The van der Waals surface area contributed by atoms with E-state index < -0.39 is 41.3 Å². The number of hydrogen-bond donors (Lipinski definition) is 1. The molecule has 7 nitrogen and oxygen atoms in total. The lowest BCUT2D eigenvalue weighted by molar-refractivity contribution is -0.190. The highest BCUT2D eigenvalue weighted by Gasteiger charge is 2.50. The fraction of sp³-hybridized carbons (Fsp3) is 0.364. The maximum Gasteiger partial charge on any atom is 0.419 e. The van der Waals surface area contributed by atoms with Crippen molar-refractivity contribution in [3.05, 3.63) is 48.3 Å². The van der Waals surface area contributed by atoms with E-state index in [2.05, 4.69) is 4.74 Å². The van der Waals surface area contributed by atoms with Gasteiger partial charge < -0.3 is 19.0 Å². The van der Waals surface area contributed by atoms with Crippen molar-refractivity contribution in [3.8, 4) is 11.1 Å². The summed E-state index contributed by atoms with van der Waals surface area (Å²) in [6, 6.07) is 4.83. The SMILES string of the molecule is CCOC(=O)C(F)(F)C(O)c1cc(-c2cn(C(=O)OC(C)(C)C)c3cc(F)ccc23)co1. The second-order valence-electron chi connectivity index (χ2n) is 8.04. The third kappa shape index (κ3) is 4.50. The molecule has 2 heterocycles. The highest BCUT2D eigenvalue weighted by molar-refractivity contribution is 6.00. The van der Waals surface area contributed by atoms with E-state index in [4.69, 9.17) is 9.15 Å². The van der Waals surface area contributed by atoms with E-state index in [1.807, 2.05) is 0 Å². The van der Waals surface area contributed by atoms with Crippen LogP contribution < -0.4 is 0 Å². The number of aliphatic hydroxyl groups is 1. The number of aliphatic hydroxyl groups excluding tert-OH is 1. The Bertz CT molecular complexity index is 1160. The van der Waals surface area contributed by atoms with Crippen LogP contribution in [0.3, 0.4) is 0 Å². The monoisotopic (exact) mass is 453 g/mol. The zero-order valence-corrected chi connectivity index (χ0v) is 17.8. The van der Waals surface area contributed by atoms with Crippen LogP contribution in [0.1, 0.15) is 39.6 Å². The molecule has 0 saturated carbocycles. The Morgan fingerprint density at radius 2 is 1.91 bits per heavy atom. The van der Waals surface area contributed by atoms with Gasteiger partial charge >= 0.3 is 18.0 Å². The topological polar surface area (TPSA) is 90.9 Å². The van der Waals surface area contributed by atoms with Crippen molar-refractivity contribution < 1.29 is 41.8 Å². The number of carbonyl (C=O) groups is 2. The van der Waals surface area contributed by atoms with Gasteiger partial charge in [-0.2, -0.15) is 8.78 Å². The number of esters is 1. The number of nitrogens with zero attached hydrogens (tertiary/aromatic N) is 1. The lowest BCUT2D eigenvalue weighted by atomic mass is 10.1. The van der Waals surface area contributed by atoms with Gasteiger partial charge in [-0.1, -0.05) is 0 Å². The molecule has 1 unspecified atom stereocenters. The molecule has 0 amide bonds. The zero-order chi connectivity index (χ0) is 23.8. The highest BCUT2D eigenvalue weighted by Crippen LogP contribution is 2.38. The third-order valence-corrected chi connectivity index (χ3v) is 4.45. The number of hydrogen-bond acceptors (Lipinski definition) is 6. The van der Waals surface area contributed by atoms with Gasteiger partial charge in [0.2, 0.25) is 0 Å². The Hall–Kier alpha value is -3.27. The molecule has 0 aliphatic heterocycles. The number of aromatic nitrogens is 1. The van der Waals surface area contributed by atoms with Crippen LogP contribution in [0.15, 0.2) is 41.1 Å². The number of benzene rings is 1. The van der Waals surface area contributed by atoms with Crippen LogP contribution in [0.4, 0.5) is 18.0 Å². The van der Waals surface area contributed by atoms with Crippen LogP contribution in [0.2, 0.25) is 0 Å². The number of ether oxygens (including phenoxy) is 2. The normalized spacial score (nSPS) is 13.2.